The molecule has 0 bridgehead atoms. The Morgan fingerprint density at radius 2 is 1.68 bits per heavy atom. The van der Waals surface area contributed by atoms with Gasteiger partial charge in [-0.3, -0.25) is 19.3 Å². The van der Waals surface area contributed by atoms with Gasteiger partial charge in [0.1, 0.15) is 6.04 Å². The van der Waals surface area contributed by atoms with Crippen LogP contribution in [-0.4, -0.2) is 58.0 Å². The smallest absolute Gasteiger partial charge is 0.328 e. The third kappa shape index (κ3) is 2.96. The number of aliphatic carboxylic acids is 1. The Morgan fingerprint density at radius 3 is 2.14 bits per heavy atom. The van der Waals surface area contributed by atoms with Gasteiger partial charge in [0, 0.05) is 13.0 Å². The van der Waals surface area contributed by atoms with Crippen LogP contribution in [0.1, 0.15) is 27.1 Å². The number of carboxylic acid groups (broad SMARTS) is 1. The minimum Gasteiger partial charge on any atom is -0.480 e. The van der Waals surface area contributed by atoms with Gasteiger partial charge >= 0.3 is 5.97 Å². The van der Waals surface area contributed by atoms with Crippen LogP contribution < -0.4 is 5.32 Å². The van der Waals surface area contributed by atoms with Crippen molar-refractivity contribution in [1.29, 1.82) is 0 Å². The first kappa shape index (κ1) is 15.6. The normalized spacial score (nSPS) is 14.7. The van der Waals surface area contributed by atoms with Gasteiger partial charge in [-0.2, -0.15) is 0 Å². The molecule has 2 rings (SSSR count). The van der Waals surface area contributed by atoms with E-state index in [4.69, 9.17) is 10.2 Å². The number of carboxylic acids is 1. The fraction of sp³-hybridized carbons (Fsp3) is 0.286. The molecule has 1 aromatic rings. The average Bonchev–Trinajstić information content (AvgIpc) is 2.74. The van der Waals surface area contributed by atoms with Gasteiger partial charge in [0.2, 0.25) is 5.91 Å². The van der Waals surface area contributed by atoms with E-state index >= 15 is 0 Å². The van der Waals surface area contributed by atoms with Gasteiger partial charge < -0.3 is 15.5 Å². The Hall–Kier alpha value is -2.74. The van der Waals surface area contributed by atoms with E-state index in [0.717, 1.165) is 4.90 Å². The molecule has 1 atom stereocenters. The van der Waals surface area contributed by atoms with E-state index < -0.39 is 36.3 Å². The summed E-state index contributed by atoms with van der Waals surface area (Å²) in [5, 5.41) is 19.6. The lowest BCUT2D eigenvalue weighted by atomic mass is 10.1. The number of nitrogens with zero attached hydrogens (tertiary/aromatic N) is 1. The standard InChI is InChI=1S/C14H14N2O6/c17-7-10(14(21)22)15-11(18)5-6-16-12(19)8-3-1-2-4-9(8)13(16)20/h1-4,10,17H,5-7H2,(H,15,18)(H,21,22)/t10-/m1/s1. The molecule has 0 aliphatic carbocycles. The predicted molar refractivity (Wildman–Crippen MR) is 73.1 cm³/mol. The van der Waals surface area contributed by atoms with Crippen LogP contribution in [0.15, 0.2) is 24.3 Å². The van der Waals surface area contributed by atoms with E-state index in [0.29, 0.717) is 0 Å². The maximum absolute atomic E-state index is 12.0. The Balaban J connectivity index is 1.96. The van der Waals surface area contributed by atoms with Crippen LogP contribution >= 0.6 is 0 Å². The number of rotatable bonds is 6. The van der Waals surface area contributed by atoms with Crippen molar-refractivity contribution in [3.8, 4) is 0 Å². The number of benzene rings is 1. The van der Waals surface area contributed by atoms with Gasteiger partial charge in [0.05, 0.1) is 17.7 Å². The zero-order valence-corrected chi connectivity index (χ0v) is 11.5. The summed E-state index contributed by atoms with van der Waals surface area (Å²) >= 11 is 0. The monoisotopic (exact) mass is 306 g/mol. The first-order chi connectivity index (χ1) is 10.5. The van der Waals surface area contributed by atoms with Crippen LogP contribution in [-0.2, 0) is 9.59 Å². The number of carbonyl (C=O) groups is 4. The SMILES string of the molecule is O=C(CCN1C(=O)c2ccccc2C1=O)N[C@H](CO)C(=O)O. The number of imide groups is 1. The highest BCUT2D eigenvalue weighted by Gasteiger charge is 2.35. The molecule has 0 radical (unpaired) electrons. The molecule has 22 heavy (non-hydrogen) atoms. The molecule has 116 valence electrons. The second-order valence-electron chi connectivity index (χ2n) is 4.70. The molecule has 0 aromatic heterocycles. The summed E-state index contributed by atoms with van der Waals surface area (Å²) in [6, 6.07) is 4.93. The molecule has 0 saturated heterocycles. The molecule has 1 aromatic carbocycles. The molecule has 1 aliphatic heterocycles. The molecule has 1 aliphatic rings. The predicted octanol–water partition coefficient (Wildman–Crippen LogP) is -0.766. The highest BCUT2D eigenvalue weighted by Crippen LogP contribution is 2.22. The van der Waals surface area contributed by atoms with Crippen LogP contribution in [0.4, 0.5) is 0 Å². The van der Waals surface area contributed by atoms with Crippen molar-refractivity contribution >= 4 is 23.7 Å². The third-order valence-corrected chi connectivity index (χ3v) is 3.26. The van der Waals surface area contributed by atoms with E-state index in [1.165, 1.54) is 12.1 Å². The topological polar surface area (TPSA) is 124 Å². The van der Waals surface area contributed by atoms with Crippen molar-refractivity contribution in [2.45, 2.75) is 12.5 Å². The summed E-state index contributed by atoms with van der Waals surface area (Å²) in [7, 11) is 0. The number of nitrogens with one attached hydrogen (secondary N) is 1. The highest BCUT2D eigenvalue weighted by atomic mass is 16.4. The number of hydrogen-bond acceptors (Lipinski definition) is 5. The molecule has 8 heteroatoms. The largest absolute Gasteiger partial charge is 0.480 e. The van der Waals surface area contributed by atoms with Gasteiger partial charge in [-0.25, -0.2) is 4.79 Å². The van der Waals surface area contributed by atoms with Gasteiger partial charge in [-0.05, 0) is 12.1 Å². The lowest BCUT2D eigenvalue weighted by Crippen LogP contribution is -2.44. The second-order valence-corrected chi connectivity index (χ2v) is 4.70. The molecular weight excluding hydrogens is 292 g/mol. The molecule has 0 fully saturated rings. The summed E-state index contributed by atoms with van der Waals surface area (Å²) in [5.41, 5.74) is 0.568. The minimum atomic E-state index is -1.41. The van der Waals surface area contributed by atoms with Crippen molar-refractivity contribution in [3.05, 3.63) is 35.4 Å². The van der Waals surface area contributed by atoms with Crippen LogP contribution in [0.2, 0.25) is 0 Å². The summed E-state index contributed by atoms with van der Waals surface area (Å²) in [6.45, 7) is -0.899. The number of hydrogen-bond donors (Lipinski definition) is 3. The van der Waals surface area contributed by atoms with Crippen molar-refractivity contribution < 1.29 is 29.4 Å². The van der Waals surface area contributed by atoms with Crippen molar-refractivity contribution in [3.63, 3.8) is 0 Å². The maximum atomic E-state index is 12.0. The highest BCUT2D eigenvalue weighted by molar-refractivity contribution is 6.21. The number of fused-ring (bicyclic) bond motifs is 1. The molecule has 3 N–H and O–H groups in total. The lowest BCUT2D eigenvalue weighted by molar-refractivity contribution is -0.143. The number of carbonyl (C=O) groups excluding carboxylic acids is 3. The van der Waals surface area contributed by atoms with E-state index in [9.17, 15) is 19.2 Å². The van der Waals surface area contributed by atoms with E-state index in [1.54, 1.807) is 12.1 Å². The summed E-state index contributed by atoms with van der Waals surface area (Å²) < 4.78 is 0. The van der Waals surface area contributed by atoms with E-state index in [2.05, 4.69) is 5.32 Å². The fourth-order valence-electron chi connectivity index (χ4n) is 2.11. The van der Waals surface area contributed by atoms with Crippen molar-refractivity contribution in [1.82, 2.24) is 10.2 Å². The van der Waals surface area contributed by atoms with Crippen LogP contribution in [0.5, 0.6) is 0 Å². The van der Waals surface area contributed by atoms with Crippen LogP contribution in [0.3, 0.4) is 0 Å². The molecule has 0 unspecified atom stereocenters. The quantitative estimate of drug-likeness (QED) is 0.593. The van der Waals surface area contributed by atoms with Gasteiger partial charge in [0.25, 0.3) is 11.8 Å². The van der Waals surface area contributed by atoms with Gasteiger partial charge in [0.15, 0.2) is 0 Å². The molecule has 0 saturated carbocycles. The molecule has 3 amide bonds. The maximum Gasteiger partial charge on any atom is 0.328 e. The molecule has 0 spiro atoms. The van der Waals surface area contributed by atoms with Crippen LogP contribution in [0.25, 0.3) is 0 Å². The Morgan fingerprint density at radius 1 is 1.14 bits per heavy atom. The minimum absolute atomic E-state index is 0.157. The summed E-state index contributed by atoms with van der Waals surface area (Å²) in [6.07, 6.45) is -0.241. The number of aliphatic hydroxyl groups excluding tert-OH is 1. The average molecular weight is 306 g/mol. The fourth-order valence-corrected chi connectivity index (χ4v) is 2.11. The zero-order chi connectivity index (χ0) is 16.3. The van der Waals surface area contributed by atoms with Gasteiger partial charge in [-0.15, -0.1) is 0 Å². The number of amides is 3. The zero-order valence-electron chi connectivity index (χ0n) is 11.5. The molecule has 8 nitrogen and oxygen atoms in total. The summed E-state index contributed by atoms with van der Waals surface area (Å²) in [4.78, 5) is 47.3. The summed E-state index contributed by atoms with van der Waals surface area (Å²) in [5.74, 6) is -3.00. The number of aliphatic hydroxyl groups is 1. The Labute approximate surface area is 125 Å². The van der Waals surface area contributed by atoms with Crippen molar-refractivity contribution in [2.75, 3.05) is 13.2 Å². The Bertz CT molecular complexity index is 607. The Kier molecular flexibility index (Phi) is 4.52. The van der Waals surface area contributed by atoms with Gasteiger partial charge in [-0.1, -0.05) is 12.1 Å². The first-order valence-corrected chi connectivity index (χ1v) is 6.54. The molecule has 1 heterocycles. The van der Waals surface area contributed by atoms with E-state index in [-0.39, 0.29) is 24.1 Å². The van der Waals surface area contributed by atoms with Crippen molar-refractivity contribution in [2.24, 2.45) is 0 Å². The lowest BCUT2D eigenvalue weighted by Gasteiger charge is -2.15. The van der Waals surface area contributed by atoms with Crippen LogP contribution in [0, 0.1) is 0 Å². The second kappa shape index (κ2) is 6.35. The first-order valence-electron chi connectivity index (χ1n) is 6.54. The molecular formula is C14H14N2O6. The van der Waals surface area contributed by atoms with E-state index in [1.807, 2.05) is 0 Å². The third-order valence-electron chi connectivity index (χ3n) is 3.26.